The second-order valence-corrected chi connectivity index (χ2v) is 5.81. The Morgan fingerprint density at radius 2 is 2.12 bits per heavy atom. The monoisotopic (exact) mass is 270 g/mol. The maximum Gasteiger partial charge on any atom is 0.164 e. The number of rotatable bonds is 1. The largest absolute Gasteiger partial charge is 0.316 e. The number of benzene rings is 1. The molecule has 1 fully saturated rings. The van der Waals surface area contributed by atoms with Gasteiger partial charge in [-0.2, -0.15) is 0 Å². The fraction of sp³-hybridized carbons (Fsp3) is 0.417. The summed E-state index contributed by atoms with van der Waals surface area (Å²) in [7, 11) is 0. The number of aromatic nitrogens is 1. The predicted octanol–water partition coefficient (Wildman–Crippen LogP) is 3.50. The Hall–Kier alpha value is -0.710. The van der Waals surface area contributed by atoms with Gasteiger partial charge in [-0.25, -0.2) is 9.37 Å². The van der Waals surface area contributed by atoms with Crippen molar-refractivity contribution in [3.05, 3.63) is 28.2 Å². The van der Waals surface area contributed by atoms with Gasteiger partial charge < -0.3 is 5.32 Å². The third-order valence-corrected chi connectivity index (χ3v) is 4.58. The summed E-state index contributed by atoms with van der Waals surface area (Å²) in [6.07, 6.45) is 1.00. The molecule has 0 atom stereocenters. The van der Waals surface area contributed by atoms with Gasteiger partial charge in [-0.05, 0) is 31.3 Å². The second kappa shape index (κ2) is 4.19. The van der Waals surface area contributed by atoms with Crippen LogP contribution in [0.2, 0.25) is 5.02 Å². The van der Waals surface area contributed by atoms with E-state index in [9.17, 15) is 4.39 Å². The van der Waals surface area contributed by atoms with Crippen molar-refractivity contribution in [1.29, 1.82) is 0 Å². The summed E-state index contributed by atoms with van der Waals surface area (Å²) in [5.74, 6) is 0. The van der Waals surface area contributed by atoms with Crippen LogP contribution in [-0.2, 0) is 5.67 Å². The van der Waals surface area contributed by atoms with Crippen molar-refractivity contribution < 1.29 is 4.39 Å². The van der Waals surface area contributed by atoms with Gasteiger partial charge in [0.2, 0.25) is 0 Å². The summed E-state index contributed by atoms with van der Waals surface area (Å²) < 4.78 is 15.7. The number of nitrogens with one attached hydrogen (secondary N) is 1. The Kier molecular flexibility index (Phi) is 2.81. The third kappa shape index (κ3) is 2.05. The Morgan fingerprint density at radius 1 is 1.35 bits per heavy atom. The molecule has 5 heteroatoms. The smallest absolute Gasteiger partial charge is 0.164 e. The highest BCUT2D eigenvalue weighted by Gasteiger charge is 2.36. The standard InChI is InChI=1S/C12H12ClFN2S/c13-8-1-2-10-9(7-8)16-11(17-10)12(14)3-5-15-6-4-12/h1-2,7,15H,3-6H2. The molecule has 0 saturated carbocycles. The maximum absolute atomic E-state index is 14.7. The van der Waals surface area contributed by atoms with Gasteiger partial charge in [-0.1, -0.05) is 11.6 Å². The SMILES string of the molecule is FC1(c2nc3cc(Cl)ccc3s2)CCNCC1. The van der Waals surface area contributed by atoms with E-state index in [1.54, 1.807) is 6.07 Å². The van der Waals surface area contributed by atoms with Crippen LogP contribution in [0.5, 0.6) is 0 Å². The van der Waals surface area contributed by atoms with E-state index in [1.165, 1.54) is 11.3 Å². The van der Waals surface area contributed by atoms with Gasteiger partial charge in [-0.15, -0.1) is 11.3 Å². The topological polar surface area (TPSA) is 24.9 Å². The molecule has 2 aromatic rings. The summed E-state index contributed by atoms with van der Waals surface area (Å²) in [6, 6.07) is 5.52. The first-order valence-electron chi connectivity index (χ1n) is 5.64. The average molecular weight is 271 g/mol. The molecule has 1 saturated heterocycles. The predicted molar refractivity (Wildman–Crippen MR) is 69.5 cm³/mol. The summed E-state index contributed by atoms with van der Waals surface area (Å²) >= 11 is 7.35. The van der Waals surface area contributed by atoms with E-state index in [2.05, 4.69) is 10.3 Å². The average Bonchev–Trinajstić information content (AvgIpc) is 2.73. The lowest BCUT2D eigenvalue weighted by Gasteiger charge is -2.27. The molecule has 3 rings (SSSR count). The second-order valence-electron chi connectivity index (χ2n) is 4.35. The van der Waals surface area contributed by atoms with E-state index in [-0.39, 0.29) is 0 Å². The van der Waals surface area contributed by atoms with Crippen molar-refractivity contribution in [2.75, 3.05) is 13.1 Å². The van der Waals surface area contributed by atoms with Crippen LogP contribution in [-0.4, -0.2) is 18.1 Å². The zero-order chi connectivity index (χ0) is 11.9. The molecule has 90 valence electrons. The van der Waals surface area contributed by atoms with Crippen molar-refractivity contribution in [2.24, 2.45) is 0 Å². The molecule has 1 N–H and O–H groups in total. The van der Waals surface area contributed by atoms with Gasteiger partial charge in [-0.3, -0.25) is 0 Å². The highest BCUT2D eigenvalue weighted by Crippen LogP contribution is 2.39. The zero-order valence-electron chi connectivity index (χ0n) is 9.17. The molecule has 0 bridgehead atoms. The summed E-state index contributed by atoms with van der Waals surface area (Å²) in [6.45, 7) is 1.43. The first kappa shape index (κ1) is 11.4. The molecule has 1 aliphatic rings. The van der Waals surface area contributed by atoms with E-state index in [4.69, 9.17) is 11.6 Å². The van der Waals surface area contributed by atoms with Gasteiger partial charge in [0.25, 0.3) is 0 Å². The Morgan fingerprint density at radius 3 is 2.88 bits per heavy atom. The maximum atomic E-state index is 14.7. The van der Waals surface area contributed by atoms with Crippen molar-refractivity contribution in [2.45, 2.75) is 18.5 Å². The van der Waals surface area contributed by atoms with Gasteiger partial charge in [0.05, 0.1) is 10.2 Å². The van der Waals surface area contributed by atoms with Crippen LogP contribution in [0, 0.1) is 0 Å². The summed E-state index contributed by atoms with van der Waals surface area (Å²) in [5, 5.41) is 4.41. The van der Waals surface area contributed by atoms with Crippen molar-refractivity contribution in [1.82, 2.24) is 10.3 Å². The van der Waals surface area contributed by atoms with Gasteiger partial charge >= 0.3 is 0 Å². The van der Waals surface area contributed by atoms with Crippen molar-refractivity contribution in [3.8, 4) is 0 Å². The lowest BCUT2D eigenvalue weighted by atomic mass is 9.95. The Labute approximate surface area is 108 Å². The molecule has 0 spiro atoms. The van der Waals surface area contributed by atoms with Crippen LogP contribution in [0.15, 0.2) is 18.2 Å². The van der Waals surface area contributed by atoms with Crippen LogP contribution in [0.4, 0.5) is 4.39 Å². The lowest BCUT2D eigenvalue weighted by Crippen LogP contribution is -2.36. The first-order chi connectivity index (χ1) is 8.17. The molecular weight excluding hydrogens is 259 g/mol. The fourth-order valence-electron chi connectivity index (χ4n) is 2.13. The lowest BCUT2D eigenvalue weighted by molar-refractivity contribution is 0.115. The third-order valence-electron chi connectivity index (χ3n) is 3.13. The number of fused-ring (bicyclic) bond motifs is 1. The minimum absolute atomic E-state index is 0.501. The van der Waals surface area contributed by atoms with Gasteiger partial charge in [0, 0.05) is 17.9 Å². The number of alkyl halides is 1. The highest BCUT2D eigenvalue weighted by molar-refractivity contribution is 7.18. The Balaban J connectivity index is 2.05. The number of piperidine rings is 1. The van der Waals surface area contributed by atoms with Crippen LogP contribution in [0.25, 0.3) is 10.2 Å². The van der Waals surface area contributed by atoms with Crippen molar-refractivity contribution >= 4 is 33.2 Å². The minimum atomic E-state index is -1.26. The first-order valence-corrected chi connectivity index (χ1v) is 6.83. The summed E-state index contributed by atoms with van der Waals surface area (Å²) in [4.78, 5) is 4.40. The van der Waals surface area contributed by atoms with Crippen LogP contribution >= 0.6 is 22.9 Å². The van der Waals surface area contributed by atoms with Crippen LogP contribution in [0.3, 0.4) is 0 Å². The Bertz CT molecular complexity index is 548. The number of halogens is 2. The van der Waals surface area contributed by atoms with E-state index in [0.717, 1.165) is 10.2 Å². The van der Waals surface area contributed by atoms with Gasteiger partial charge in [0.1, 0.15) is 5.01 Å². The number of nitrogens with zero attached hydrogens (tertiary/aromatic N) is 1. The van der Waals surface area contributed by atoms with Crippen LogP contribution in [0.1, 0.15) is 17.8 Å². The van der Waals surface area contributed by atoms with E-state index >= 15 is 0 Å². The number of hydrogen-bond acceptors (Lipinski definition) is 3. The normalized spacial score (nSPS) is 19.6. The van der Waals surface area contributed by atoms with E-state index in [0.29, 0.717) is 36.0 Å². The van der Waals surface area contributed by atoms with Crippen molar-refractivity contribution in [3.63, 3.8) is 0 Å². The molecule has 2 heterocycles. The molecule has 0 aliphatic carbocycles. The number of hydrogen-bond donors (Lipinski definition) is 1. The van der Waals surface area contributed by atoms with E-state index < -0.39 is 5.67 Å². The van der Waals surface area contributed by atoms with Gasteiger partial charge in [0.15, 0.2) is 5.67 Å². The highest BCUT2D eigenvalue weighted by atomic mass is 35.5. The molecule has 1 aromatic heterocycles. The number of thiazole rings is 1. The molecule has 1 aromatic carbocycles. The molecule has 17 heavy (non-hydrogen) atoms. The quantitative estimate of drug-likeness (QED) is 0.858. The molecule has 0 unspecified atom stereocenters. The van der Waals surface area contributed by atoms with Crippen LogP contribution < -0.4 is 5.32 Å². The molecule has 2 nitrogen and oxygen atoms in total. The van der Waals surface area contributed by atoms with E-state index in [1.807, 2.05) is 12.1 Å². The molecule has 0 amide bonds. The molecule has 0 radical (unpaired) electrons. The zero-order valence-corrected chi connectivity index (χ0v) is 10.7. The summed E-state index contributed by atoms with van der Waals surface area (Å²) in [5.41, 5.74) is -0.463. The molecular formula is C12H12ClFN2S. The fourth-order valence-corrected chi connectivity index (χ4v) is 3.38. The molecule has 1 aliphatic heterocycles. The minimum Gasteiger partial charge on any atom is -0.316 e.